The number of phenols is 1. The summed E-state index contributed by atoms with van der Waals surface area (Å²) < 4.78 is 4.91. The fourth-order valence-corrected chi connectivity index (χ4v) is 1.81. The molecule has 5 nitrogen and oxygen atoms in total. The molecule has 1 aromatic heterocycles. The van der Waals surface area contributed by atoms with Gasteiger partial charge in [0.2, 0.25) is 11.7 Å². The highest BCUT2D eigenvalue weighted by Crippen LogP contribution is 2.38. The first-order chi connectivity index (χ1) is 8.04. The number of aromatic hydroxyl groups is 1. The number of aromatic nitrogens is 2. The van der Waals surface area contributed by atoms with Crippen molar-refractivity contribution >= 4 is 11.6 Å². The van der Waals surface area contributed by atoms with Gasteiger partial charge in [-0.15, -0.1) is 0 Å². The van der Waals surface area contributed by atoms with Gasteiger partial charge in [0.05, 0.1) is 17.1 Å². The molecular weight excluding hydrogens is 242 g/mol. The Kier molecular flexibility index (Phi) is 3.04. The summed E-state index contributed by atoms with van der Waals surface area (Å²) >= 11 is 5.98. The number of nitrogens with zero attached hydrogens (tertiary/aromatic N) is 2. The molecule has 0 atom stereocenters. The van der Waals surface area contributed by atoms with Gasteiger partial charge in [-0.05, 0) is 25.0 Å². The highest BCUT2D eigenvalue weighted by molar-refractivity contribution is 6.33. The Hall–Kier alpha value is -1.59. The lowest BCUT2D eigenvalue weighted by atomic mass is 10.0. The predicted molar refractivity (Wildman–Crippen MR) is 63.8 cm³/mol. The number of rotatable bonds is 2. The van der Waals surface area contributed by atoms with Crippen LogP contribution in [0.1, 0.15) is 17.0 Å². The van der Waals surface area contributed by atoms with Gasteiger partial charge in [-0.2, -0.15) is 4.98 Å². The van der Waals surface area contributed by atoms with Crippen molar-refractivity contribution in [3.8, 4) is 17.1 Å². The Bertz CT molecular complexity index is 566. The lowest BCUT2D eigenvalue weighted by Gasteiger charge is -2.08. The monoisotopic (exact) mass is 253 g/mol. The molecule has 0 aliphatic rings. The van der Waals surface area contributed by atoms with Crippen LogP contribution in [-0.4, -0.2) is 15.2 Å². The second kappa shape index (κ2) is 4.35. The third-order valence-electron chi connectivity index (χ3n) is 2.48. The fourth-order valence-electron chi connectivity index (χ4n) is 1.67. The van der Waals surface area contributed by atoms with Gasteiger partial charge in [0.15, 0.2) is 0 Å². The van der Waals surface area contributed by atoms with E-state index in [1.54, 1.807) is 0 Å². The summed E-state index contributed by atoms with van der Waals surface area (Å²) in [5.74, 6) is 0.575. The molecule has 17 heavy (non-hydrogen) atoms. The minimum atomic E-state index is -0.0338. The lowest BCUT2D eigenvalue weighted by Crippen LogP contribution is -1.96. The summed E-state index contributed by atoms with van der Waals surface area (Å²) in [4.78, 5) is 4.07. The first-order valence-corrected chi connectivity index (χ1v) is 5.44. The third-order valence-corrected chi connectivity index (χ3v) is 2.96. The molecule has 0 saturated carbocycles. The van der Waals surface area contributed by atoms with Gasteiger partial charge in [0.1, 0.15) is 5.75 Å². The van der Waals surface area contributed by atoms with Gasteiger partial charge in [0, 0.05) is 0 Å². The zero-order valence-electron chi connectivity index (χ0n) is 9.49. The van der Waals surface area contributed by atoms with Gasteiger partial charge in [-0.1, -0.05) is 22.8 Å². The van der Waals surface area contributed by atoms with E-state index in [2.05, 4.69) is 10.1 Å². The van der Waals surface area contributed by atoms with E-state index in [1.807, 2.05) is 19.9 Å². The zero-order chi connectivity index (χ0) is 12.6. The van der Waals surface area contributed by atoms with Crippen LogP contribution in [0.15, 0.2) is 10.6 Å². The van der Waals surface area contributed by atoms with Crippen molar-refractivity contribution in [3.05, 3.63) is 28.1 Å². The third kappa shape index (κ3) is 1.99. The van der Waals surface area contributed by atoms with E-state index >= 15 is 0 Å². The predicted octanol–water partition coefficient (Wildman–Crippen LogP) is 2.17. The normalized spacial score (nSPS) is 10.8. The molecule has 3 N–H and O–H groups in total. The highest BCUT2D eigenvalue weighted by Gasteiger charge is 2.18. The Labute approximate surface area is 103 Å². The fraction of sp³-hybridized carbons (Fsp3) is 0.273. The summed E-state index contributed by atoms with van der Waals surface area (Å²) in [6.07, 6.45) is 0. The smallest absolute Gasteiger partial charge is 0.240 e. The first kappa shape index (κ1) is 11.9. The number of phenolic OH excluding ortho intramolecular Hbond substituents is 1. The molecule has 0 radical (unpaired) electrons. The van der Waals surface area contributed by atoms with Gasteiger partial charge in [-0.25, -0.2) is 0 Å². The van der Waals surface area contributed by atoms with Gasteiger partial charge in [0.25, 0.3) is 0 Å². The van der Waals surface area contributed by atoms with Gasteiger partial charge in [-0.3, -0.25) is 0 Å². The summed E-state index contributed by atoms with van der Waals surface area (Å²) in [6, 6.07) is 1.86. The highest BCUT2D eigenvalue weighted by atomic mass is 35.5. The van der Waals surface area contributed by atoms with Crippen LogP contribution in [0, 0.1) is 13.8 Å². The molecule has 2 rings (SSSR count). The minimum absolute atomic E-state index is 0.0338. The second-order valence-electron chi connectivity index (χ2n) is 3.76. The van der Waals surface area contributed by atoms with Crippen LogP contribution < -0.4 is 5.73 Å². The summed E-state index contributed by atoms with van der Waals surface area (Å²) in [6.45, 7) is 3.82. The molecule has 0 spiro atoms. The average Bonchev–Trinajstić information content (AvgIpc) is 2.74. The number of benzene rings is 1. The maximum atomic E-state index is 10.0. The molecule has 6 heteroatoms. The number of halogens is 1. The van der Waals surface area contributed by atoms with Crippen LogP contribution in [0.2, 0.25) is 5.02 Å². The molecule has 2 aromatic rings. The van der Waals surface area contributed by atoms with Crippen molar-refractivity contribution in [2.24, 2.45) is 5.73 Å². The quantitative estimate of drug-likeness (QED) is 0.857. The largest absolute Gasteiger partial charge is 0.506 e. The first-order valence-electron chi connectivity index (χ1n) is 5.06. The van der Waals surface area contributed by atoms with E-state index in [0.717, 1.165) is 11.1 Å². The Morgan fingerprint density at radius 3 is 2.71 bits per heavy atom. The molecule has 0 fully saturated rings. The Morgan fingerprint density at radius 2 is 2.12 bits per heavy atom. The minimum Gasteiger partial charge on any atom is -0.506 e. The number of aryl methyl sites for hydroxylation is 2. The summed E-state index contributed by atoms with van der Waals surface area (Å²) in [5.41, 5.74) is 7.49. The second-order valence-corrected chi connectivity index (χ2v) is 4.14. The van der Waals surface area contributed by atoms with E-state index in [4.69, 9.17) is 21.9 Å². The molecule has 0 bridgehead atoms. The van der Waals surface area contributed by atoms with Crippen molar-refractivity contribution in [2.75, 3.05) is 0 Å². The molecule has 0 aliphatic heterocycles. The Balaban J connectivity index is 2.62. The standard InChI is InChI=1S/C11H12ClN3O2/c1-5-3-6(2)9(12)10(16)8(5)11-14-7(4-13)17-15-11/h3,16H,4,13H2,1-2H3. The molecule has 1 aromatic carbocycles. The van der Waals surface area contributed by atoms with Crippen LogP contribution >= 0.6 is 11.6 Å². The topological polar surface area (TPSA) is 85.2 Å². The molecular formula is C11H12ClN3O2. The van der Waals surface area contributed by atoms with E-state index in [0.29, 0.717) is 22.3 Å². The van der Waals surface area contributed by atoms with Gasteiger partial charge >= 0.3 is 0 Å². The summed E-state index contributed by atoms with van der Waals surface area (Å²) in [7, 11) is 0. The van der Waals surface area contributed by atoms with E-state index < -0.39 is 0 Å². The van der Waals surface area contributed by atoms with Crippen molar-refractivity contribution in [1.29, 1.82) is 0 Å². The summed E-state index contributed by atoms with van der Waals surface area (Å²) in [5, 5.41) is 14.1. The average molecular weight is 254 g/mol. The van der Waals surface area contributed by atoms with Crippen molar-refractivity contribution < 1.29 is 9.63 Å². The maximum Gasteiger partial charge on any atom is 0.240 e. The lowest BCUT2D eigenvalue weighted by molar-refractivity contribution is 0.380. The van der Waals surface area contributed by atoms with Crippen molar-refractivity contribution in [1.82, 2.24) is 10.1 Å². The molecule has 0 amide bonds. The Morgan fingerprint density at radius 1 is 1.41 bits per heavy atom. The van der Waals surface area contributed by atoms with Crippen LogP contribution in [0.4, 0.5) is 0 Å². The zero-order valence-corrected chi connectivity index (χ0v) is 10.2. The molecule has 0 unspecified atom stereocenters. The number of hydrogen-bond donors (Lipinski definition) is 2. The van der Waals surface area contributed by atoms with E-state index in [-0.39, 0.29) is 12.3 Å². The van der Waals surface area contributed by atoms with E-state index in [9.17, 15) is 5.11 Å². The van der Waals surface area contributed by atoms with Crippen molar-refractivity contribution in [3.63, 3.8) is 0 Å². The van der Waals surface area contributed by atoms with Crippen molar-refractivity contribution in [2.45, 2.75) is 20.4 Å². The van der Waals surface area contributed by atoms with Crippen LogP contribution in [0.25, 0.3) is 11.4 Å². The molecule has 0 saturated heterocycles. The van der Waals surface area contributed by atoms with Crippen LogP contribution in [0.5, 0.6) is 5.75 Å². The molecule has 90 valence electrons. The SMILES string of the molecule is Cc1cc(C)c(-c2noc(CN)n2)c(O)c1Cl. The molecule has 1 heterocycles. The van der Waals surface area contributed by atoms with Crippen LogP contribution in [-0.2, 0) is 6.54 Å². The number of hydrogen-bond acceptors (Lipinski definition) is 5. The van der Waals surface area contributed by atoms with Crippen LogP contribution in [0.3, 0.4) is 0 Å². The molecule has 0 aliphatic carbocycles. The number of nitrogens with two attached hydrogens (primary N) is 1. The van der Waals surface area contributed by atoms with E-state index in [1.165, 1.54) is 0 Å². The maximum absolute atomic E-state index is 10.0. The van der Waals surface area contributed by atoms with Gasteiger partial charge < -0.3 is 15.4 Å².